The van der Waals surface area contributed by atoms with Gasteiger partial charge in [0.1, 0.15) is 22.6 Å². The van der Waals surface area contributed by atoms with E-state index in [1.807, 2.05) is 0 Å². The maximum atomic E-state index is 14.8. The lowest BCUT2D eigenvalue weighted by Crippen LogP contribution is -2.30. The summed E-state index contributed by atoms with van der Waals surface area (Å²) in [4.78, 5) is 28.4. The Morgan fingerprint density at radius 3 is 2.71 bits per heavy atom. The van der Waals surface area contributed by atoms with Crippen molar-refractivity contribution in [3.8, 4) is 10.6 Å². The highest BCUT2D eigenvalue weighted by molar-refractivity contribution is 7.13. The minimum Gasteiger partial charge on any atom is -0.381 e. The number of hydrogen-bond acceptors (Lipinski definition) is 6. The topological polar surface area (TPSA) is 92.7 Å². The first-order valence-corrected chi connectivity index (χ1v) is 11.2. The lowest BCUT2D eigenvalue weighted by molar-refractivity contribution is -0.138. The van der Waals surface area contributed by atoms with E-state index < -0.39 is 53.1 Å². The van der Waals surface area contributed by atoms with Crippen molar-refractivity contribution < 1.29 is 22.0 Å². The number of nitrogens with one attached hydrogen (secondary N) is 2. The van der Waals surface area contributed by atoms with Crippen molar-refractivity contribution in [2.24, 2.45) is 0 Å². The highest BCUT2D eigenvalue weighted by Gasteiger charge is 2.37. The van der Waals surface area contributed by atoms with Gasteiger partial charge in [-0.25, -0.2) is 18.9 Å². The van der Waals surface area contributed by atoms with Gasteiger partial charge in [-0.2, -0.15) is 18.3 Å². The molecular formula is C22H18F5N5O2S. The number of alkyl halides is 4. The van der Waals surface area contributed by atoms with Crippen LogP contribution < -0.4 is 16.4 Å². The number of pyridine rings is 1. The third kappa shape index (κ3) is 5.24. The molecule has 3 heterocycles. The zero-order valence-corrected chi connectivity index (χ0v) is 18.9. The first-order chi connectivity index (χ1) is 16.5. The van der Waals surface area contributed by atoms with Gasteiger partial charge in [-0.15, -0.1) is 11.3 Å². The average molecular weight is 511 g/mol. The molecular weight excluding hydrogens is 493 g/mol. The third-order valence-electron chi connectivity index (χ3n) is 5.27. The number of aromatic nitrogens is 4. The molecule has 0 unspecified atom stereocenters. The van der Waals surface area contributed by atoms with Gasteiger partial charge >= 0.3 is 6.18 Å². The molecule has 184 valence electrons. The largest absolute Gasteiger partial charge is 0.423 e. The highest BCUT2D eigenvalue weighted by Crippen LogP contribution is 2.32. The predicted octanol–water partition coefficient (Wildman–Crippen LogP) is 4.60. The number of aromatic amines is 1. The molecule has 13 heteroatoms. The Morgan fingerprint density at radius 2 is 2.03 bits per heavy atom. The van der Waals surface area contributed by atoms with E-state index in [-0.39, 0.29) is 17.4 Å². The fraction of sp³-hybridized carbons (Fsp3) is 0.273. The normalized spacial score (nSPS) is 13.7. The predicted molar refractivity (Wildman–Crippen MR) is 122 cm³/mol. The fourth-order valence-electron chi connectivity index (χ4n) is 3.75. The highest BCUT2D eigenvalue weighted by atomic mass is 32.1. The molecule has 0 fully saturated rings. The van der Waals surface area contributed by atoms with Crippen molar-refractivity contribution in [3.05, 3.63) is 74.3 Å². The molecule has 2 N–H and O–H groups in total. The van der Waals surface area contributed by atoms with Crippen LogP contribution in [0.25, 0.3) is 21.3 Å². The standard InChI is InChI=1S/C22H18F5N5O2S/c1-11(30-17-9-29-31-19(33)18(17)22(25,26)27)6-13(23)10-32-4-2-12-7-15(20-28-3-5-35-20)16(24)8-14(12)21(32)34/h2-5,7-9,11,13H,6,10H2,1H3,(H2,30,31,33)/t11-,13-/m1/s1. The van der Waals surface area contributed by atoms with Crippen molar-refractivity contribution in [1.82, 2.24) is 19.7 Å². The van der Waals surface area contributed by atoms with Crippen LogP contribution in [0.1, 0.15) is 18.9 Å². The maximum absolute atomic E-state index is 14.8. The van der Waals surface area contributed by atoms with Gasteiger partial charge in [0, 0.05) is 35.8 Å². The van der Waals surface area contributed by atoms with Crippen molar-refractivity contribution in [3.63, 3.8) is 0 Å². The second-order valence-electron chi connectivity index (χ2n) is 7.89. The minimum atomic E-state index is -4.93. The number of benzene rings is 1. The van der Waals surface area contributed by atoms with Gasteiger partial charge in [-0.05, 0) is 30.5 Å². The molecule has 1 aromatic carbocycles. The number of fused-ring (bicyclic) bond motifs is 1. The molecule has 0 saturated carbocycles. The van der Waals surface area contributed by atoms with Crippen molar-refractivity contribution in [1.29, 1.82) is 0 Å². The van der Waals surface area contributed by atoms with Crippen LogP contribution in [0, 0.1) is 5.82 Å². The number of rotatable bonds is 7. The van der Waals surface area contributed by atoms with E-state index in [0.29, 0.717) is 10.4 Å². The Bertz CT molecular complexity index is 1470. The molecule has 35 heavy (non-hydrogen) atoms. The van der Waals surface area contributed by atoms with E-state index in [1.54, 1.807) is 16.5 Å². The number of H-pyrrole nitrogens is 1. The molecule has 0 radical (unpaired) electrons. The molecule has 0 aliphatic carbocycles. The molecule has 7 nitrogen and oxygen atoms in total. The van der Waals surface area contributed by atoms with Crippen LogP contribution in [-0.4, -0.2) is 32.0 Å². The number of anilines is 1. The molecule has 0 saturated heterocycles. The van der Waals surface area contributed by atoms with Gasteiger partial charge in [0.2, 0.25) is 0 Å². The summed E-state index contributed by atoms with van der Waals surface area (Å²) < 4.78 is 70.0. The molecule has 4 rings (SSSR count). The molecule has 0 bridgehead atoms. The Hall–Kier alpha value is -3.61. The molecule has 3 aromatic heterocycles. The van der Waals surface area contributed by atoms with Crippen LogP contribution in [0.15, 0.2) is 51.8 Å². The van der Waals surface area contributed by atoms with E-state index in [1.165, 1.54) is 36.7 Å². The Morgan fingerprint density at radius 1 is 1.26 bits per heavy atom. The monoisotopic (exact) mass is 511 g/mol. The summed E-state index contributed by atoms with van der Waals surface area (Å²) in [5.41, 5.74) is -3.80. The summed E-state index contributed by atoms with van der Waals surface area (Å²) in [6.45, 7) is 1.04. The summed E-state index contributed by atoms with van der Waals surface area (Å²) >= 11 is 1.25. The van der Waals surface area contributed by atoms with E-state index in [9.17, 15) is 31.5 Å². The molecule has 0 spiro atoms. The Balaban J connectivity index is 1.50. The van der Waals surface area contributed by atoms with Crippen molar-refractivity contribution in [2.45, 2.75) is 38.3 Å². The molecule has 0 aliphatic rings. The van der Waals surface area contributed by atoms with Gasteiger partial charge in [0.05, 0.1) is 23.8 Å². The van der Waals surface area contributed by atoms with Crippen LogP contribution in [-0.2, 0) is 12.7 Å². The van der Waals surface area contributed by atoms with Gasteiger partial charge in [-0.3, -0.25) is 9.59 Å². The molecule has 4 aromatic rings. The van der Waals surface area contributed by atoms with Crippen LogP contribution in [0.3, 0.4) is 0 Å². The summed E-state index contributed by atoms with van der Waals surface area (Å²) in [6, 6.07) is 3.31. The summed E-state index contributed by atoms with van der Waals surface area (Å²) in [5, 5.41) is 10.2. The fourth-order valence-corrected chi connectivity index (χ4v) is 4.41. The minimum absolute atomic E-state index is 0.0630. The van der Waals surface area contributed by atoms with Crippen LogP contribution in [0.4, 0.5) is 27.6 Å². The molecule has 0 aliphatic heterocycles. The zero-order valence-electron chi connectivity index (χ0n) is 18.1. The van der Waals surface area contributed by atoms with Crippen LogP contribution in [0.5, 0.6) is 0 Å². The first-order valence-electron chi connectivity index (χ1n) is 10.3. The SMILES string of the molecule is C[C@H](C[C@@H](F)Cn1ccc2cc(-c3nccs3)c(F)cc2c1=O)Nc1cn[nH]c(=O)c1C(F)(F)F. The quantitative estimate of drug-likeness (QED) is 0.354. The molecule has 2 atom stereocenters. The van der Waals surface area contributed by atoms with Gasteiger partial charge in [0.25, 0.3) is 11.1 Å². The Labute approximate surface area is 198 Å². The summed E-state index contributed by atoms with van der Waals surface area (Å²) in [5.74, 6) is -0.635. The maximum Gasteiger partial charge on any atom is 0.423 e. The molecule has 0 amide bonds. The number of nitrogens with zero attached hydrogens (tertiary/aromatic N) is 3. The van der Waals surface area contributed by atoms with Gasteiger partial charge < -0.3 is 9.88 Å². The number of thiazole rings is 1. The van der Waals surface area contributed by atoms with Crippen molar-refractivity contribution in [2.75, 3.05) is 5.32 Å². The summed E-state index contributed by atoms with van der Waals surface area (Å²) in [7, 11) is 0. The lowest BCUT2D eigenvalue weighted by atomic mass is 10.1. The van der Waals surface area contributed by atoms with E-state index in [0.717, 1.165) is 16.8 Å². The Kier molecular flexibility index (Phi) is 6.70. The van der Waals surface area contributed by atoms with Crippen molar-refractivity contribution >= 4 is 27.8 Å². The van der Waals surface area contributed by atoms with Gasteiger partial charge in [0.15, 0.2) is 0 Å². The summed E-state index contributed by atoms with van der Waals surface area (Å²) in [6.07, 6.45) is -3.11. The average Bonchev–Trinajstić information content (AvgIpc) is 3.29. The first kappa shape index (κ1) is 24.5. The van der Waals surface area contributed by atoms with Gasteiger partial charge in [-0.1, -0.05) is 0 Å². The van der Waals surface area contributed by atoms with Crippen LogP contribution in [0.2, 0.25) is 0 Å². The lowest BCUT2D eigenvalue weighted by Gasteiger charge is -2.20. The second kappa shape index (κ2) is 9.56. The van der Waals surface area contributed by atoms with E-state index in [2.05, 4.69) is 15.4 Å². The van der Waals surface area contributed by atoms with E-state index in [4.69, 9.17) is 0 Å². The zero-order chi connectivity index (χ0) is 25.3. The number of hydrogen-bond donors (Lipinski definition) is 2. The third-order valence-corrected chi connectivity index (χ3v) is 6.08. The smallest absolute Gasteiger partial charge is 0.381 e. The second-order valence-corrected chi connectivity index (χ2v) is 8.79. The van der Waals surface area contributed by atoms with E-state index >= 15 is 0 Å². The van der Waals surface area contributed by atoms with Crippen LogP contribution >= 0.6 is 11.3 Å². The number of halogens is 5.